The van der Waals surface area contributed by atoms with Crippen molar-refractivity contribution >= 4 is 27.5 Å². The Morgan fingerprint density at radius 1 is 1.28 bits per heavy atom. The first-order chi connectivity index (χ1) is 11.7. The maximum atomic E-state index is 13.0. The van der Waals surface area contributed by atoms with Gasteiger partial charge in [0.2, 0.25) is 0 Å². The van der Waals surface area contributed by atoms with Gasteiger partial charge in [0.05, 0.1) is 5.01 Å². The summed E-state index contributed by atoms with van der Waals surface area (Å²) < 4.78 is 27.8. The van der Waals surface area contributed by atoms with E-state index in [9.17, 15) is 13.2 Å². The Morgan fingerprint density at radius 3 is 2.60 bits per heavy atom. The smallest absolute Gasteiger partial charge is 0.281 e. The molecule has 0 aromatic carbocycles. The van der Waals surface area contributed by atoms with E-state index in [0.717, 1.165) is 17.8 Å². The number of aromatic nitrogens is 1. The SMILES string of the molecule is CC(C)c1nc(C(=O)N2C[C@H]3CC[C@@H]2CN(S(=O)(=O)N(C)C)C3)cs1. The van der Waals surface area contributed by atoms with E-state index in [0.29, 0.717) is 31.2 Å². The van der Waals surface area contributed by atoms with Crippen molar-refractivity contribution in [3.63, 3.8) is 0 Å². The molecule has 3 saturated heterocycles. The van der Waals surface area contributed by atoms with Crippen molar-refractivity contribution in [2.75, 3.05) is 33.7 Å². The fraction of sp³-hybridized carbons (Fsp3) is 0.750. The lowest BCUT2D eigenvalue weighted by Gasteiger charge is -2.35. The largest absolute Gasteiger partial charge is 0.333 e. The predicted molar refractivity (Wildman–Crippen MR) is 97.9 cm³/mol. The van der Waals surface area contributed by atoms with Crippen molar-refractivity contribution < 1.29 is 13.2 Å². The maximum Gasteiger partial charge on any atom is 0.281 e. The molecule has 0 unspecified atom stereocenters. The van der Waals surface area contributed by atoms with Gasteiger partial charge in [-0.05, 0) is 18.8 Å². The Bertz CT molecular complexity index is 744. The molecule has 4 rings (SSSR count). The first-order valence-electron chi connectivity index (χ1n) is 8.64. The van der Waals surface area contributed by atoms with Crippen LogP contribution in [0.15, 0.2) is 5.38 Å². The molecule has 3 fully saturated rings. The van der Waals surface area contributed by atoms with Gasteiger partial charge in [0, 0.05) is 51.1 Å². The zero-order valence-corrected chi connectivity index (χ0v) is 16.8. The zero-order chi connectivity index (χ0) is 18.4. The normalized spacial score (nSPS) is 25.0. The number of carbonyl (C=O) groups excluding carboxylic acids is 1. The highest BCUT2D eigenvalue weighted by molar-refractivity contribution is 7.86. The first-order valence-corrected chi connectivity index (χ1v) is 10.9. The molecule has 3 aliphatic heterocycles. The fourth-order valence-corrected chi connectivity index (χ4v) is 5.54. The molecule has 0 saturated carbocycles. The van der Waals surface area contributed by atoms with E-state index in [4.69, 9.17) is 0 Å². The summed E-state index contributed by atoms with van der Waals surface area (Å²) in [5.74, 6) is 0.412. The van der Waals surface area contributed by atoms with Gasteiger partial charge < -0.3 is 4.90 Å². The van der Waals surface area contributed by atoms with Crippen molar-refractivity contribution in [3.05, 3.63) is 16.1 Å². The Labute approximate surface area is 153 Å². The fourth-order valence-electron chi connectivity index (χ4n) is 3.51. The molecule has 2 atom stereocenters. The lowest BCUT2D eigenvalue weighted by molar-refractivity contribution is 0.0583. The van der Waals surface area contributed by atoms with E-state index in [2.05, 4.69) is 18.8 Å². The average Bonchev–Trinajstić information content (AvgIpc) is 2.86. The molecular weight excluding hydrogens is 360 g/mol. The van der Waals surface area contributed by atoms with Gasteiger partial charge in [0.25, 0.3) is 16.1 Å². The predicted octanol–water partition coefficient (Wildman–Crippen LogP) is 1.61. The number of fused-ring (bicyclic) bond motifs is 4. The molecule has 3 aliphatic rings. The number of rotatable bonds is 4. The summed E-state index contributed by atoms with van der Waals surface area (Å²) in [5.41, 5.74) is 0.489. The molecule has 1 aromatic rings. The topological polar surface area (TPSA) is 73.8 Å². The molecule has 9 heteroatoms. The summed E-state index contributed by atoms with van der Waals surface area (Å²) in [5, 5.41) is 2.78. The number of hydrogen-bond acceptors (Lipinski definition) is 5. The Hall–Kier alpha value is -1.03. The lowest BCUT2D eigenvalue weighted by atomic mass is 9.95. The van der Waals surface area contributed by atoms with E-state index in [1.165, 1.54) is 19.9 Å². The average molecular weight is 387 g/mol. The second-order valence-corrected chi connectivity index (χ2v) is 10.4. The molecule has 2 bridgehead atoms. The molecule has 0 spiro atoms. The molecule has 0 N–H and O–H groups in total. The third kappa shape index (κ3) is 3.60. The number of carbonyl (C=O) groups is 1. The number of nitrogens with zero attached hydrogens (tertiary/aromatic N) is 4. The van der Waals surface area contributed by atoms with E-state index in [-0.39, 0.29) is 17.9 Å². The van der Waals surface area contributed by atoms with Gasteiger partial charge >= 0.3 is 0 Å². The number of hydrogen-bond donors (Lipinski definition) is 0. The minimum absolute atomic E-state index is 0.0676. The standard InChI is InChI=1S/C16H26N4O3S2/c1-11(2)15-17-14(10-24-15)16(21)20-8-12-5-6-13(20)9-19(7-12)25(22,23)18(3)4/h10-13H,5-9H2,1-4H3/t12-,13+/m0/s1. The molecule has 1 aromatic heterocycles. The van der Waals surface area contributed by atoms with Crippen molar-refractivity contribution in [1.29, 1.82) is 0 Å². The maximum absolute atomic E-state index is 13.0. The van der Waals surface area contributed by atoms with Gasteiger partial charge in [-0.3, -0.25) is 4.79 Å². The van der Waals surface area contributed by atoms with Crippen LogP contribution in [0.5, 0.6) is 0 Å². The summed E-state index contributed by atoms with van der Waals surface area (Å²) in [6.45, 7) is 5.58. The van der Waals surface area contributed by atoms with Crippen LogP contribution >= 0.6 is 11.3 Å². The van der Waals surface area contributed by atoms with E-state index >= 15 is 0 Å². The van der Waals surface area contributed by atoms with Gasteiger partial charge in [0.1, 0.15) is 5.69 Å². The van der Waals surface area contributed by atoms with E-state index in [1.54, 1.807) is 14.1 Å². The summed E-state index contributed by atoms with van der Waals surface area (Å²) in [4.78, 5) is 19.3. The Balaban J connectivity index is 1.81. The Kier molecular flexibility index (Phi) is 5.21. The van der Waals surface area contributed by atoms with Gasteiger partial charge in [0.15, 0.2) is 0 Å². The van der Waals surface area contributed by atoms with Crippen LogP contribution in [-0.4, -0.2) is 72.6 Å². The number of thiazole rings is 1. The molecule has 7 nitrogen and oxygen atoms in total. The van der Waals surface area contributed by atoms with Gasteiger partial charge in [-0.2, -0.15) is 17.0 Å². The van der Waals surface area contributed by atoms with Crippen LogP contribution in [0.4, 0.5) is 0 Å². The highest BCUT2D eigenvalue weighted by Gasteiger charge is 2.41. The van der Waals surface area contributed by atoms with Crippen LogP contribution in [-0.2, 0) is 10.2 Å². The second-order valence-electron chi connectivity index (χ2n) is 7.39. The first kappa shape index (κ1) is 18.8. The third-order valence-electron chi connectivity index (χ3n) is 4.96. The zero-order valence-electron chi connectivity index (χ0n) is 15.2. The minimum Gasteiger partial charge on any atom is -0.333 e. The van der Waals surface area contributed by atoms with Crippen molar-refractivity contribution in [3.8, 4) is 0 Å². The lowest BCUT2D eigenvalue weighted by Crippen LogP contribution is -2.48. The number of piperidine rings is 1. The molecule has 1 amide bonds. The summed E-state index contributed by atoms with van der Waals surface area (Å²) in [6, 6.07) is -0.0785. The summed E-state index contributed by atoms with van der Waals surface area (Å²) in [6.07, 6.45) is 1.80. The van der Waals surface area contributed by atoms with Crippen LogP contribution in [0.3, 0.4) is 0 Å². The molecule has 25 heavy (non-hydrogen) atoms. The van der Waals surface area contributed by atoms with E-state index in [1.807, 2.05) is 10.3 Å². The van der Waals surface area contributed by atoms with Gasteiger partial charge in [-0.25, -0.2) is 4.98 Å². The monoisotopic (exact) mass is 386 g/mol. The van der Waals surface area contributed by atoms with Crippen LogP contribution in [0, 0.1) is 5.92 Å². The molecule has 4 heterocycles. The Morgan fingerprint density at radius 2 is 2.00 bits per heavy atom. The van der Waals surface area contributed by atoms with E-state index < -0.39 is 10.2 Å². The number of amides is 1. The molecule has 0 aliphatic carbocycles. The van der Waals surface area contributed by atoms with Gasteiger partial charge in [-0.1, -0.05) is 13.8 Å². The molecular formula is C16H26N4O3S2. The second kappa shape index (κ2) is 6.94. The van der Waals surface area contributed by atoms with Crippen molar-refractivity contribution in [2.45, 2.75) is 38.6 Å². The van der Waals surface area contributed by atoms with Gasteiger partial charge in [-0.15, -0.1) is 11.3 Å². The van der Waals surface area contributed by atoms with Crippen LogP contribution in [0.1, 0.15) is 48.1 Å². The van der Waals surface area contributed by atoms with Crippen LogP contribution < -0.4 is 0 Å². The molecule has 140 valence electrons. The molecule has 0 radical (unpaired) electrons. The van der Waals surface area contributed by atoms with Crippen LogP contribution in [0.2, 0.25) is 0 Å². The summed E-state index contributed by atoms with van der Waals surface area (Å²) in [7, 11) is -0.356. The summed E-state index contributed by atoms with van der Waals surface area (Å²) >= 11 is 1.51. The van der Waals surface area contributed by atoms with Crippen LogP contribution in [0.25, 0.3) is 0 Å². The van der Waals surface area contributed by atoms with Crippen molar-refractivity contribution in [2.24, 2.45) is 5.92 Å². The van der Waals surface area contributed by atoms with Crippen molar-refractivity contribution in [1.82, 2.24) is 18.5 Å². The minimum atomic E-state index is -3.45. The highest BCUT2D eigenvalue weighted by atomic mass is 32.2. The third-order valence-corrected chi connectivity index (χ3v) is 7.98. The highest BCUT2D eigenvalue weighted by Crippen LogP contribution is 2.31. The quantitative estimate of drug-likeness (QED) is 0.788.